The summed E-state index contributed by atoms with van der Waals surface area (Å²) in [7, 11) is 0. The Morgan fingerprint density at radius 2 is 1.92 bits per heavy atom. The molecule has 1 heterocycles. The Labute approximate surface area is 145 Å². The molecule has 0 saturated heterocycles. The molecule has 2 aliphatic carbocycles. The van der Waals surface area contributed by atoms with E-state index in [0.717, 1.165) is 24.7 Å². The largest absolute Gasteiger partial charge is 0.311 e. The third-order valence-corrected chi connectivity index (χ3v) is 5.34. The second-order valence-corrected chi connectivity index (χ2v) is 7.06. The summed E-state index contributed by atoms with van der Waals surface area (Å²) >= 11 is 0. The molecule has 4 nitrogen and oxygen atoms in total. The van der Waals surface area contributed by atoms with Crippen molar-refractivity contribution in [3.63, 3.8) is 0 Å². The van der Waals surface area contributed by atoms with Gasteiger partial charge >= 0.3 is 0 Å². The number of anilines is 1. The zero-order chi connectivity index (χ0) is 17.4. The van der Waals surface area contributed by atoms with Gasteiger partial charge in [0.1, 0.15) is 5.82 Å². The molecule has 2 fully saturated rings. The Balaban J connectivity index is 1.42. The maximum Gasteiger partial charge on any atom is 0.229 e. The Hall–Kier alpha value is -2.24. The van der Waals surface area contributed by atoms with Gasteiger partial charge in [-0.25, -0.2) is 13.5 Å². The third kappa shape index (κ3) is 3.30. The number of carbonyl (C=O) groups excluding carboxylic acids is 1. The van der Waals surface area contributed by atoms with E-state index in [9.17, 15) is 13.6 Å². The molecule has 1 aromatic heterocycles. The van der Waals surface area contributed by atoms with Crippen LogP contribution in [-0.4, -0.2) is 15.7 Å². The summed E-state index contributed by atoms with van der Waals surface area (Å²) in [5.41, 5.74) is 0.680. The molecule has 4 rings (SSSR count). The Morgan fingerprint density at radius 1 is 1.12 bits per heavy atom. The smallest absolute Gasteiger partial charge is 0.229 e. The van der Waals surface area contributed by atoms with Crippen molar-refractivity contribution < 1.29 is 13.6 Å². The molecule has 2 saturated carbocycles. The number of hydrogen-bond donors (Lipinski definition) is 1. The number of rotatable bonds is 4. The van der Waals surface area contributed by atoms with Crippen LogP contribution in [0.3, 0.4) is 0 Å². The Bertz CT molecular complexity index is 783. The van der Waals surface area contributed by atoms with Crippen LogP contribution in [-0.2, 0) is 4.79 Å². The molecule has 0 bridgehead atoms. The van der Waals surface area contributed by atoms with Crippen molar-refractivity contribution >= 4 is 11.7 Å². The first kappa shape index (κ1) is 16.2. The molecule has 2 atom stereocenters. The number of nitrogens with zero attached hydrogens (tertiary/aromatic N) is 2. The molecule has 0 radical (unpaired) electrons. The molecule has 0 aliphatic heterocycles. The summed E-state index contributed by atoms with van der Waals surface area (Å²) in [6, 6.07) is 6.04. The van der Waals surface area contributed by atoms with Crippen LogP contribution >= 0.6 is 0 Å². The molecular formula is C19H21F2N3O. The first-order valence-corrected chi connectivity index (χ1v) is 8.93. The molecule has 132 valence electrons. The molecule has 1 N–H and O–H groups in total. The first-order valence-electron chi connectivity index (χ1n) is 8.93. The summed E-state index contributed by atoms with van der Waals surface area (Å²) in [4.78, 5) is 12.5. The first-order chi connectivity index (χ1) is 12.1. The van der Waals surface area contributed by atoms with E-state index < -0.39 is 11.6 Å². The molecule has 1 amide bonds. The van der Waals surface area contributed by atoms with E-state index in [0.29, 0.717) is 18.0 Å². The number of nitrogens with one attached hydrogen (secondary N) is 1. The van der Waals surface area contributed by atoms with Crippen molar-refractivity contribution in [3.05, 3.63) is 47.7 Å². The predicted octanol–water partition coefficient (Wildman–Crippen LogP) is 4.41. The zero-order valence-electron chi connectivity index (χ0n) is 13.9. The molecule has 2 aromatic rings. The van der Waals surface area contributed by atoms with Crippen molar-refractivity contribution in [2.45, 2.75) is 50.5 Å². The summed E-state index contributed by atoms with van der Waals surface area (Å²) in [6.07, 6.45) is 8.20. The molecule has 2 aliphatic rings. The molecule has 0 spiro atoms. The minimum atomic E-state index is -0.862. The number of benzene rings is 1. The van der Waals surface area contributed by atoms with Crippen LogP contribution in [0.15, 0.2) is 30.5 Å². The fourth-order valence-electron chi connectivity index (χ4n) is 3.84. The van der Waals surface area contributed by atoms with E-state index in [-0.39, 0.29) is 17.7 Å². The lowest BCUT2D eigenvalue weighted by Crippen LogP contribution is -2.21. The maximum absolute atomic E-state index is 13.4. The van der Waals surface area contributed by atoms with Crippen molar-refractivity contribution in [1.29, 1.82) is 0 Å². The van der Waals surface area contributed by atoms with Crippen LogP contribution in [0.4, 0.5) is 14.6 Å². The van der Waals surface area contributed by atoms with Crippen LogP contribution in [0.2, 0.25) is 0 Å². The van der Waals surface area contributed by atoms with Gasteiger partial charge in [0.25, 0.3) is 0 Å². The van der Waals surface area contributed by atoms with Gasteiger partial charge in [0.2, 0.25) is 5.91 Å². The third-order valence-electron chi connectivity index (χ3n) is 5.34. The fourth-order valence-corrected chi connectivity index (χ4v) is 3.84. The van der Waals surface area contributed by atoms with Crippen molar-refractivity contribution in [2.24, 2.45) is 5.92 Å². The van der Waals surface area contributed by atoms with E-state index in [1.807, 2.05) is 10.7 Å². The summed E-state index contributed by atoms with van der Waals surface area (Å²) < 4.78 is 28.3. The number of amides is 1. The fraction of sp³-hybridized carbons (Fsp3) is 0.474. The molecule has 6 heteroatoms. The second-order valence-electron chi connectivity index (χ2n) is 7.06. The molecule has 2 unspecified atom stereocenters. The van der Waals surface area contributed by atoms with Gasteiger partial charge in [-0.05, 0) is 42.9 Å². The lowest BCUT2D eigenvalue weighted by Gasteiger charge is -2.23. The lowest BCUT2D eigenvalue weighted by molar-refractivity contribution is -0.117. The van der Waals surface area contributed by atoms with E-state index in [1.165, 1.54) is 25.3 Å². The van der Waals surface area contributed by atoms with Crippen molar-refractivity contribution in [3.8, 4) is 0 Å². The van der Waals surface area contributed by atoms with Crippen LogP contribution < -0.4 is 5.32 Å². The Morgan fingerprint density at radius 3 is 2.68 bits per heavy atom. The van der Waals surface area contributed by atoms with E-state index in [1.54, 1.807) is 12.3 Å². The SMILES string of the molecule is O=C(Nc1ccnn1C1CCCCC1)C1CC1c1ccc(F)c(F)c1. The zero-order valence-corrected chi connectivity index (χ0v) is 13.9. The molecule has 25 heavy (non-hydrogen) atoms. The average Bonchev–Trinajstić information content (AvgIpc) is 3.30. The van der Waals surface area contributed by atoms with Gasteiger partial charge in [-0.1, -0.05) is 25.3 Å². The highest BCUT2D eigenvalue weighted by atomic mass is 19.2. The quantitative estimate of drug-likeness (QED) is 0.892. The van der Waals surface area contributed by atoms with Crippen LogP contribution in [0.5, 0.6) is 0 Å². The number of carbonyl (C=O) groups is 1. The number of aromatic nitrogens is 2. The van der Waals surface area contributed by atoms with E-state index in [4.69, 9.17) is 0 Å². The summed E-state index contributed by atoms with van der Waals surface area (Å²) in [5.74, 6) is -1.30. The Kier molecular flexibility index (Phi) is 4.27. The number of halogens is 2. The van der Waals surface area contributed by atoms with Gasteiger partial charge in [0, 0.05) is 12.0 Å². The standard InChI is InChI=1S/C19H21F2N3O/c20-16-7-6-12(10-17(16)21)14-11-15(14)19(25)23-18-8-9-22-24(18)13-4-2-1-3-5-13/h6-10,13-15H,1-5,11H2,(H,23,25). The normalized spacial score (nSPS) is 23.4. The highest BCUT2D eigenvalue weighted by molar-refractivity contribution is 5.94. The van der Waals surface area contributed by atoms with Crippen molar-refractivity contribution in [2.75, 3.05) is 5.32 Å². The average molecular weight is 345 g/mol. The summed E-state index contributed by atoms with van der Waals surface area (Å²) in [6.45, 7) is 0. The van der Waals surface area contributed by atoms with Gasteiger partial charge < -0.3 is 5.32 Å². The highest BCUT2D eigenvalue weighted by Gasteiger charge is 2.44. The van der Waals surface area contributed by atoms with Gasteiger partial charge in [0.15, 0.2) is 11.6 Å². The van der Waals surface area contributed by atoms with Crippen LogP contribution in [0.1, 0.15) is 56.0 Å². The number of hydrogen-bond acceptors (Lipinski definition) is 2. The monoisotopic (exact) mass is 345 g/mol. The van der Waals surface area contributed by atoms with E-state index >= 15 is 0 Å². The van der Waals surface area contributed by atoms with Gasteiger partial charge in [-0.2, -0.15) is 5.10 Å². The lowest BCUT2D eigenvalue weighted by atomic mass is 9.96. The highest BCUT2D eigenvalue weighted by Crippen LogP contribution is 2.48. The molecule has 1 aromatic carbocycles. The van der Waals surface area contributed by atoms with Gasteiger partial charge in [-0.3, -0.25) is 4.79 Å². The molecular weight excluding hydrogens is 324 g/mol. The van der Waals surface area contributed by atoms with E-state index in [2.05, 4.69) is 10.4 Å². The second kappa shape index (κ2) is 6.58. The summed E-state index contributed by atoms with van der Waals surface area (Å²) in [5, 5.41) is 7.35. The minimum absolute atomic E-state index is 0.0406. The minimum Gasteiger partial charge on any atom is -0.311 e. The topological polar surface area (TPSA) is 46.9 Å². The van der Waals surface area contributed by atoms with Crippen LogP contribution in [0.25, 0.3) is 0 Å². The van der Waals surface area contributed by atoms with Crippen LogP contribution in [0, 0.1) is 17.6 Å². The van der Waals surface area contributed by atoms with Gasteiger partial charge in [-0.15, -0.1) is 0 Å². The predicted molar refractivity (Wildman–Crippen MR) is 90.2 cm³/mol. The van der Waals surface area contributed by atoms with Crippen molar-refractivity contribution in [1.82, 2.24) is 9.78 Å². The van der Waals surface area contributed by atoms with Gasteiger partial charge in [0.05, 0.1) is 12.2 Å². The maximum atomic E-state index is 13.4.